The monoisotopic (exact) mass is 985 g/mol. The van der Waals surface area contributed by atoms with E-state index >= 15 is 0 Å². The van der Waals surface area contributed by atoms with Gasteiger partial charge in [0, 0.05) is 36.9 Å². The molecule has 348 valence electrons. The number of aliphatic hydroxyl groups excluding tert-OH is 2. The molecule has 0 radical (unpaired) electrons. The number of phosphoric ester groups is 3. The van der Waals surface area contributed by atoms with Crippen LogP contribution in [0, 0.1) is 5.41 Å². The van der Waals surface area contributed by atoms with Gasteiger partial charge in [0.2, 0.25) is 16.9 Å². The molecule has 2 amide bonds. The number of hydrogen-bond acceptors (Lipinski definition) is 20. The smallest absolute Gasteiger partial charge is 0.386 e. The van der Waals surface area contributed by atoms with E-state index in [0.717, 1.165) is 35.3 Å². The summed E-state index contributed by atoms with van der Waals surface area (Å²) in [6, 6.07) is -0.880. The zero-order valence-electron chi connectivity index (χ0n) is 32.4. The first-order chi connectivity index (χ1) is 28.6. The van der Waals surface area contributed by atoms with Gasteiger partial charge < -0.3 is 66.4 Å². The lowest BCUT2D eigenvalue weighted by Gasteiger charge is -2.30. The number of hydrogen-bond donors (Lipinski definition) is 12. The number of thioether (sulfide) groups is 1. The van der Waals surface area contributed by atoms with E-state index in [-0.39, 0.29) is 54.4 Å². The summed E-state index contributed by atoms with van der Waals surface area (Å²) in [7, 11) is -21.2. The molecule has 4 rings (SSSR count). The third-order valence-electron chi connectivity index (χ3n) is 8.51. The van der Waals surface area contributed by atoms with Gasteiger partial charge in [0.1, 0.15) is 42.6 Å². The first-order valence-corrected chi connectivity index (χ1v) is 24.6. The maximum Gasteiger partial charge on any atom is 0.481 e. The Bertz CT molecular complexity index is 2270. The van der Waals surface area contributed by atoms with Gasteiger partial charge in [0.25, 0.3) is 0 Å². The van der Waals surface area contributed by atoms with Crippen LogP contribution in [-0.4, -0.2) is 148 Å². The number of quaternary nitrogens is 1. The van der Waals surface area contributed by atoms with Crippen molar-refractivity contribution in [3.63, 3.8) is 0 Å². The lowest BCUT2D eigenvalue weighted by Crippen LogP contribution is -2.65. The molecular formula is C27H45N10O20P4S+. The van der Waals surface area contributed by atoms with Gasteiger partial charge in [-0.25, -0.2) is 42.5 Å². The fourth-order valence-corrected chi connectivity index (χ4v) is 9.65. The van der Waals surface area contributed by atoms with Crippen LogP contribution in [-0.2, 0) is 61.7 Å². The number of phosphoric acid groups is 3. The molecule has 0 saturated carbocycles. The number of aromatic nitrogens is 6. The number of aliphatic hydroxyl groups is 2. The Morgan fingerprint density at radius 1 is 1.02 bits per heavy atom. The van der Waals surface area contributed by atoms with E-state index in [1.54, 1.807) is 0 Å². The highest BCUT2D eigenvalue weighted by molar-refractivity contribution is 8.13. The summed E-state index contributed by atoms with van der Waals surface area (Å²) >= 11 is 0.827. The van der Waals surface area contributed by atoms with Crippen molar-refractivity contribution in [3.05, 3.63) is 30.9 Å². The van der Waals surface area contributed by atoms with Crippen LogP contribution in [0.3, 0.4) is 0 Å². The number of fused-ring (bicyclic) bond motifs is 1. The molecule has 1 saturated heterocycles. The molecule has 3 aromatic rings. The normalized spacial score (nSPS) is 21.5. The number of nitrogens with zero attached hydrogens (tertiary/aromatic N) is 6. The fraction of sp³-hybridized carbons (Fsp3) is 0.593. The molecule has 8 unspecified atom stereocenters. The molecule has 62 heavy (non-hydrogen) atoms. The summed E-state index contributed by atoms with van der Waals surface area (Å²) in [6.07, 6.45) is -5.16. The molecule has 0 aromatic carbocycles. The maximum atomic E-state index is 12.7. The molecule has 35 heteroatoms. The molecule has 15 N–H and O–H groups in total. The Morgan fingerprint density at radius 3 is 2.35 bits per heavy atom. The van der Waals surface area contributed by atoms with Crippen LogP contribution in [0.4, 0.5) is 5.82 Å². The fourth-order valence-electron chi connectivity index (χ4n) is 5.43. The van der Waals surface area contributed by atoms with Crippen molar-refractivity contribution in [1.82, 2.24) is 39.5 Å². The van der Waals surface area contributed by atoms with Crippen LogP contribution in [0.15, 0.2) is 25.2 Å². The minimum Gasteiger partial charge on any atom is -0.386 e. The quantitative estimate of drug-likeness (QED) is 0.0326. The molecule has 0 bridgehead atoms. The van der Waals surface area contributed by atoms with E-state index in [1.807, 2.05) is 0 Å². The zero-order valence-corrected chi connectivity index (χ0v) is 36.8. The highest BCUT2D eigenvalue weighted by Crippen LogP contribution is 2.61. The lowest BCUT2D eigenvalue weighted by molar-refractivity contribution is -0.400. The molecule has 0 aliphatic carbocycles. The molecule has 1 aliphatic rings. The van der Waals surface area contributed by atoms with Crippen molar-refractivity contribution >= 4 is 76.9 Å². The molecule has 1 fully saturated rings. The Morgan fingerprint density at radius 2 is 1.69 bits per heavy atom. The Balaban J connectivity index is 1.19. The predicted octanol–water partition coefficient (Wildman–Crippen LogP) is -3.34. The molecule has 1 aliphatic heterocycles. The van der Waals surface area contributed by atoms with Crippen LogP contribution in [0.1, 0.15) is 32.2 Å². The van der Waals surface area contributed by atoms with Crippen LogP contribution in [0.2, 0.25) is 0 Å². The third-order valence-corrected chi connectivity index (χ3v) is 13.6. The second kappa shape index (κ2) is 20.8. The average Bonchev–Trinajstić information content (AvgIpc) is 3.88. The van der Waals surface area contributed by atoms with E-state index in [9.17, 15) is 72.2 Å². The number of anilines is 1. The SMILES string of the molecule is CC(C)(COP(=O)(O)OP(=O)(O)OCC1OC(n2cnc3c(N)ncnc32)C(O)C1OP(=O)(O)O)C(O)C(=O)NCCC(=O)NCCSC(=O)C([NH3+])Cc1cncn1P(=O)(O)O. The first kappa shape index (κ1) is 51.5. The summed E-state index contributed by atoms with van der Waals surface area (Å²) in [4.78, 5) is 111. The van der Waals surface area contributed by atoms with E-state index < -0.39 is 103 Å². The van der Waals surface area contributed by atoms with Crippen molar-refractivity contribution in [1.29, 1.82) is 0 Å². The molecule has 4 heterocycles. The van der Waals surface area contributed by atoms with Crippen LogP contribution in [0.25, 0.3) is 11.2 Å². The molecule has 8 atom stereocenters. The van der Waals surface area contributed by atoms with Crippen molar-refractivity contribution in [2.45, 2.75) is 63.4 Å². The number of nitrogens with one attached hydrogen (secondary N) is 2. The third kappa shape index (κ3) is 14.4. The number of nitrogen functional groups attached to an aromatic ring is 1. The molecular weight excluding hydrogens is 940 g/mol. The largest absolute Gasteiger partial charge is 0.481 e. The second-order valence-electron chi connectivity index (χ2n) is 13.9. The Hall–Kier alpha value is -3.12. The number of amides is 2. The van der Waals surface area contributed by atoms with Crippen molar-refractivity contribution < 1.29 is 101 Å². The number of nitrogens with two attached hydrogens (primary N) is 1. The second-order valence-corrected chi connectivity index (χ2v) is 20.7. The molecule has 0 spiro atoms. The Kier molecular flexibility index (Phi) is 17.3. The van der Waals surface area contributed by atoms with Gasteiger partial charge in [-0.15, -0.1) is 0 Å². The topological polar surface area (TPSA) is 467 Å². The minimum atomic E-state index is -5.61. The van der Waals surface area contributed by atoms with Gasteiger partial charge in [-0.2, -0.15) is 4.31 Å². The summed E-state index contributed by atoms with van der Waals surface area (Å²) in [5.74, 6) is -1.52. The molecule has 3 aromatic heterocycles. The highest BCUT2D eigenvalue weighted by Gasteiger charge is 2.50. The maximum absolute atomic E-state index is 12.7. The standard InChI is InChI=1S/C27H44N10O20P4S/c1-27(2,21(40)24(41)32-4-3-17(38)31-5-6-62-26(42)15(28)7-14-8-30-12-37(14)58(43,44)45)10-54-61(51,52)57-60(49,50)53-9-16-20(56-59(46,47)48)19(39)25(55-16)36-13-35-18-22(29)33-11-34-23(18)36/h8,11-13,15-16,19-21,25,39-40H,3-7,9-10,28H2,1-2H3,(H,31,38)(H,32,41)(H,49,50)(H,51,52)(H2,29,33,34)(H2,43,44,45)(H2,46,47,48)/p+1. The minimum absolute atomic E-state index is 0.0130. The van der Waals surface area contributed by atoms with Gasteiger partial charge in [-0.3, -0.25) is 32.5 Å². The van der Waals surface area contributed by atoms with Crippen molar-refractivity contribution in [2.75, 3.05) is 37.8 Å². The lowest BCUT2D eigenvalue weighted by atomic mass is 9.87. The molecule has 30 nitrogen and oxygen atoms in total. The van der Waals surface area contributed by atoms with Gasteiger partial charge in [-0.1, -0.05) is 25.6 Å². The number of ether oxygens (including phenoxy) is 1. The van der Waals surface area contributed by atoms with Gasteiger partial charge in [-0.05, 0) is 0 Å². The number of carbonyl (C=O) groups is 3. The van der Waals surface area contributed by atoms with Crippen molar-refractivity contribution in [2.24, 2.45) is 5.41 Å². The summed E-state index contributed by atoms with van der Waals surface area (Å²) < 4.78 is 74.3. The number of rotatable bonds is 23. The van der Waals surface area contributed by atoms with E-state index in [4.69, 9.17) is 19.5 Å². The Labute approximate surface area is 353 Å². The first-order valence-electron chi connectivity index (χ1n) is 17.6. The van der Waals surface area contributed by atoms with E-state index in [0.29, 0.717) is 4.34 Å². The van der Waals surface area contributed by atoms with Gasteiger partial charge in [0.15, 0.2) is 23.7 Å². The average molecular weight is 986 g/mol. The van der Waals surface area contributed by atoms with Crippen LogP contribution in [0.5, 0.6) is 0 Å². The number of carbonyl (C=O) groups excluding carboxylic acids is 3. The van der Waals surface area contributed by atoms with Gasteiger partial charge >= 0.3 is 31.2 Å². The highest BCUT2D eigenvalue weighted by atomic mass is 32.2. The summed E-state index contributed by atoms with van der Waals surface area (Å²) in [6.45, 7) is 0.0792. The van der Waals surface area contributed by atoms with Crippen LogP contribution < -0.4 is 22.1 Å². The number of imidazole rings is 2. The summed E-state index contributed by atoms with van der Waals surface area (Å²) in [5, 5.41) is 25.9. The zero-order chi connectivity index (χ0) is 46.4. The summed E-state index contributed by atoms with van der Waals surface area (Å²) in [5.41, 5.74) is 7.98. The van der Waals surface area contributed by atoms with Crippen LogP contribution >= 0.6 is 43.0 Å². The van der Waals surface area contributed by atoms with Gasteiger partial charge in [0.05, 0.1) is 31.7 Å². The predicted molar refractivity (Wildman–Crippen MR) is 207 cm³/mol. The van der Waals surface area contributed by atoms with Crippen molar-refractivity contribution in [3.8, 4) is 0 Å². The van der Waals surface area contributed by atoms with E-state index in [2.05, 4.69) is 45.1 Å². The van der Waals surface area contributed by atoms with E-state index in [1.165, 1.54) is 20.0 Å².